The molecule has 0 spiro atoms. The van der Waals surface area contributed by atoms with E-state index in [1.165, 1.54) is 12.7 Å². The van der Waals surface area contributed by atoms with E-state index in [0.29, 0.717) is 25.0 Å². The first-order valence-electron chi connectivity index (χ1n) is 8.76. The van der Waals surface area contributed by atoms with Gasteiger partial charge in [-0.3, -0.25) is 9.59 Å². The molecule has 4 heteroatoms. The number of methoxy groups -OCH3 is 1. The average Bonchev–Trinajstić information content (AvgIpc) is 2.82. The van der Waals surface area contributed by atoms with Crippen molar-refractivity contribution in [2.45, 2.75) is 32.6 Å². The Bertz CT molecular complexity index is 715. The highest BCUT2D eigenvalue weighted by Gasteiger charge is 2.42. The van der Waals surface area contributed by atoms with Gasteiger partial charge in [0.05, 0.1) is 7.11 Å². The van der Waals surface area contributed by atoms with Crippen LogP contribution in [0.15, 0.2) is 53.3 Å². The molecule has 1 aromatic carbocycles. The Morgan fingerprint density at radius 1 is 1.28 bits per heavy atom. The summed E-state index contributed by atoms with van der Waals surface area (Å²) in [5, 5.41) is 0. The third kappa shape index (κ3) is 3.84. The highest BCUT2D eigenvalue weighted by Crippen LogP contribution is 2.38. The van der Waals surface area contributed by atoms with Crippen molar-refractivity contribution in [3.63, 3.8) is 0 Å². The van der Waals surface area contributed by atoms with E-state index in [-0.39, 0.29) is 11.7 Å². The zero-order chi connectivity index (χ0) is 17.8. The van der Waals surface area contributed by atoms with Gasteiger partial charge in [-0.2, -0.15) is 0 Å². The largest absolute Gasteiger partial charge is 0.493 e. The summed E-state index contributed by atoms with van der Waals surface area (Å²) in [4.78, 5) is 25.3. The van der Waals surface area contributed by atoms with E-state index in [1.54, 1.807) is 0 Å². The van der Waals surface area contributed by atoms with Crippen LogP contribution in [0.5, 0.6) is 0 Å². The Morgan fingerprint density at radius 2 is 2.04 bits per heavy atom. The normalized spacial score (nSPS) is 23.3. The number of ether oxygens (including phenoxy) is 2. The number of allylic oxidation sites excluding steroid dienone is 3. The summed E-state index contributed by atoms with van der Waals surface area (Å²) in [5.41, 5.74) is 2.96. The molecule has 0 amide bonds. The molecule has 0 N–H and O–H groups in total. The number of hydrogen-bond donors (Lipinski definition) is 0. The minimum Gasteiger partial charge on any atom is -0.493 e. The van der Waals surface area contributed by atoms with Crippen molar-refractivity contribution in [1.29, 1.82) is 0 Å². The summed E-state index contributed by atoms with van der Waals surface area (Å²) in [5.74, 6) is -0.604. The molecule has 3 rings (SSSR count). The van der Waals surface area contributed by atoms with Crippen molar-refractivity contribution in [1.82, 2.24) is 0 Å². The van der Waals surface area contributed by atoms with Crippen LogP contribution < -0.4 is 0 Å². The summed E-state index contributed by atoms with van der Waals surface area (Å²) in [6, 6.07) is 10.1. The predicted molar refractivity (Wildman–Crippen MR) is 94.7 cm³/mol. The van der Waals surface area contributed by atoms with Gasteiger partial charge in [0.2, 0.25) is 0 Å². The Morgan fingerprint density at radius 3 is 2.76 bits per heavy atom. The number of aryl methyl sites for hydroxylation is 1. The lowest BCUT2D eigenvalue weighted by molar-refractivity contribution is -0.151. The quantitative estimate of drug-likeness (QED) is 0.477. The fourth-order valence-electron chi connectivity index (χ4n) is 3.61. The van der Waals surface area contributed by atoms with Crippen LogP contribution >= 0.6 is 0 Å². The summed E-state index contributed by atoms with van der Waals surface area (Å²) in [7, 11) is 1.35. The molecular formula is C21H24O4. The molecule has 4 nitrogen and oxygen atoms in total. The molecule has 1 aliphatic carbocycles. The van der Waals surface area contributed by atoms with E-state index in [9.17, 15) is 9.59 Å². The second-order valence-electron chi connectivity index (χ2n) is 6.80. The van der Waals surface area contributed by atoms with Crippen molar-refractivity contribution in [3.8, 4) is 0 Å². The van der Waals surface area contributed by atoms with Gasteiger partial charge in [0.25, 0.3) is 0 Å². The molecular weight excluding hydrogens is 316 g/mol. The number of carbonyl (C=O) groups is 2. The molecule has 0 aromatic heterocycles. The summed E-state index contributed by atoms with van der Waals surface area (Å²) >= 11 is 0. The molecule has 2 aliphatic rings. The van der Waals surface area contributed by atoms with E-state index in [2.05, 4.69) is 12.1 Å². The van der Waals surface area contributed by atoms with Gasteiger partial charge < -0.3 is 9.47 Å². The number of benzene rings is 1. The fraction of sp³-hybridized carbons (Fsp3) is 0.429. The first-order valence-corrected chi connectivity index (χ1v) is 8.76. The third-order valence-corrected chi connectivity index (χ3v) is 5.07. The predicted octanol–water partition coefficient (Wildman–Crippen LogP) is 3.62. The van der Waals surface area contributed by atoms with Crippen LogP contribution in [0, 0.1) is 11.8 Å². The SMILES string of the molecule is COC(=O)C1C(=O)C2=C(CC1CCc1ccccc1)OCC(C)=CC2. The molecule has 1 aliphatic heterocycles. The second kappa shape index (κ2) is 7.68. The number of ketones is 1. The van der Waals surface area contributed by atoms with Crippen molar-refractivity contribution < 1.29 is 19.1 Å². The first-order chi connectivity index (χ1) is 12.1. The molecule has 0 saturated heterocycles. The maximum absolute atomic E-state index is 13.0. The second-order valence-corrected chi connectivity index (χ2v) is 6.80. The van der Waals surface area contributed by atoms with Gasteiger partial charge >= 0.3 is 5.97 Å². The average molecular weight is 340 g/mol. The fourth-order valence-corrected chi connectivity index (χ4v) is 3.61. The third-order valence-electron chi connectivity index (χ3n) is 5.07. The van der Waals surface area contributed by atoms with Gasteiger partial charge in [0, 0.05) is 12.0 Å². The van der Waals surface area contributed by atoms with Crippen LogP contribution in [0.25, 0.3) is 0 Å². The summed E-state index contributed by atoms with van der Waals surface area (Å²) < 4.78 is 10.8. The lowest BCUT2D eigenvalue weighted by atomic mass is 9.74. The highest BCUT2D eigenvalue weighted by molar-refractivity contribution is 6.09. The maximum atomic E-state index is 13.0. The van der Waals surface area contributed by atoms with E-state index in [1.807, 2.05) is 31.2 Å². The molecule has 1 aromatic rings. The molecule has 132 valence electrons. The lowest BCUT2D eigenvalue weighted by Gasteiger charge is -2.31. The number of esters is 1. The van der Waals surface area contributed by atoms with E-state index < -0.39 is 11.9 Å². The zero-order valence-electron chi connectivity index (χ0n) is 14.8. The van der Waals surface area contributed by atoms with Gasteiger partial charge in [-0.05, 0) is 43.2 Å². The van der Waals surface area contributed by atoms with Crippen LogP contribution in [-0.2, 0) is 25.5 Å². The zero-order valence-corrected chi connectivity index (χ0v) is 14.8. The van der Waals surface area contributed by atoms with Crippen LogP contribution in [0.4, 0.5) is 0 Å². The lowest BCUT2D eigenvalue weighted by Crippen LogP contribution is -2.38. The van der Waals surface area contributed by atoms with E-state index in [4.69, 9.17) is 9.47 Å². The smallest absolute Gasteiger partial charge is 0.316 e. The van der Waals surface area contributed by atoms with Crippen molar-refractivity contribution in [2.24, 2.45) is 11.8 Å². The Kier molecular flexibility index (Phi) is 5.37. The molecule has 0 saturated carbocycles. The Hall–Kier alpha value is -2.36. The summed E-state index contributed by atoms with van der Waals surface area (Å²) in [6.45, 7) is 2.51. The monoisotopic (exact) mass is 340 g/mol. The van der Waals surface area contributed by atoms with Gasteiger partial charge in [-0.15, -0.1) is 0 Å². The molecule has 2 atom stereocenters. The van der Waals surface area contributed by atoms with Gasteiger partial charge in [0.1, 0.15) is 18.3 Å². The van der Waals surface area contributed by atoms with Crippen LogP contribution in [0.2, 0.25) is 0 Å². The molecule has 0 fully saturated rings. The molecule has 2 unspecified atom stereocenters. The van der Waals surface area contributed by atoms with E-state index >= 15 is 0 Å². The number of rotatable bonds is 4. The molecule has 25 heavy (non-hydrogen) atoms. The molecule has 0 radical (unpaired) electrons. The van der Waals surface area contributed by atoms with Crippen molar-refractivity contribution in [3.05, 3.63) is 58.9 Å². The van der Waals surface area contributed by atoms with Gasteiger partial charge in [-0.1, -0.05) is 36.4 Å². The standard InChI is InChI=1S/C21H24O4/c1-14-8-11-17-18(25-13-14)12-16(19(20(17)22)21(23)24-2)10-9-15-6-4-3-5-7-15/h3-8,16,19H,9-13H2,1-2H3. The number of carbonyl (C=O) groups excluding carboxylic acids is 2. The first kappa shape index (κ1) is 17.5. The topological polar surface area (TPSA) is 52.6 Å². The minimum atomic E-state index is -0.720. The Labute approximate surface area is 148 Å². The van der Waals surface area contributed by atoms with Crippen LogP contribution in [0.3, 0.4) is 0 Å². The molecule has 1 heterocycles. The Balaban J connectivity index is 1.82. The van der Waals surface area contributed by atoms with Gasteiger partial charge in [0.15, 0.2) is 5.78 Å². The maximum Gasteiger partial charge on any atom is 0.316 e. The number of hydrogen-bond acceptors (Lipinski definition) is 4. The summed E-state index contributed by atoms with van der Waals surface area (Å²) in [6.07, 6.45) is 4.75. The number of Topliss-reactive ketones (excluding diaryl/α,β-unsaturated/α-hetero) is 1. The van der Waals surface area contributed by atoms with E-state index in [0.717, 1.165) is 24.2 Å². The van der Waals surface area contributed by atoms with Gasteiger partial charge in [-0.25, -0.2) is 0 Å². The molecule has 0 bridgehead atoms. The van der Waals surface area contributed by atoms with Crippen LogP contribution in [-0.4, -0.2) is 25.5 Å². The van der Waals surface area contributed by atoms with Crippen molar-refractivity contribution in [2.75, 3.05) is 13.7 Å². The van der Waals surface area contributed by atoms with Crippen LogP contribution in [0.1, 0.15) is 31.7 Å². The highest BCUT2D eigenvalue weighted by atomic mass is 16.5. The van der Waals surface area contributed by atoms with Crippen molar-refractivity contribution >= 4 is 11.8 Å². The minimum absolute atomic E-state index is 0.0858.